The average Bonchev–Trinajstić information content (AvgIpc) is 2.67. The largest absolute Gasteiger partial charge is 0.310 e. The Hall–Kier alpha value is -2.53. The van der Waals surface area contributed by atoms with Gasteiger partial charge in [-0.2, -0.15) is 0 Å². The number of hydrogen-bond acceptors (Lipinski definition) is 3. The number of carbonyl (C=O) groups is 1. The summed E-state index contributed by atoms with van der Waals surface area (Å²) in [5.74, 6) is -0.105. The van der Waals surface area contributed by atoms with Crippen molar-refractivity contribution in [2.45, 2.75) is 12.8 Å². The van der Waals surface area contributed by atoms with Crippen LogP contribution in [0, 0.1) is 0 Å². The first-order valence-corrected chi connectivity index (χ1v) is 8.82. The highest BCUT2D eigenvalue weighted by Crippen LogP contribution is 2.19. The molecule has 0 bridgehead atoms. The maximum absolute atomic E-state index is 12.9. The minimum Gasteiger partial charge on any atom is -0.310 e. The molecule has 2 heterocycles. The number of nitrogens with zero attached hydrogens (tertiary/aromatic N) is 3. The van der Waals surface area contributed by atoms with E-state index in [9.17, 15) is 4.79 Å². The number of amides is 1. The van der Waals surface area contributed by atoms with Crippen LogP contribution in [0.3, 0.4) is 0 Å². The third-order valence-electron chi connectivity index (χ3n) is 4.04. The number of aryl methyl sites for hydroxylation is 2. The summed E-state index contributed by atoms with van der Waals surface area (Å²) in [7, 11) is 1.77. The van der Waals surface area contributed by atoms with E-state index in [-0.39, 0.29) is 5.91 Å². The van der Waals surface area contributed by atoms with Gasteiger partial charge in [0.05, 0.1) is 0 Å². The number of anilines is 1. The lowest BCUT2D eigenvalue weighted by Gasteiger charge is -2.18. The van der Waals surface area contributed by atoms with Crippen LogP contribution in [0.1, 0.15) is 21.6 Å². The lowest BCUT2D eigenvalue weighted by molar-refractivity contribution is 0.0987. The van der Waals surface area contributed by atoms with E-state index >= 15 is 0 Å². The molecule has 4 nitrogen and oxygen atoms in total. The fourth-order valence-corrected chi connectivity index (χ4v) is 3.08. The van der Waals surface area contributed by atoms with Crippen molar-refractivity contribution in [1.29, 1.82) is 0 Å². The fraction of sp³-hybridized carbons (Fsp3) is 0.150. The quantitative estimate of drug-likeness (QED) is 0.604. The normalized spacial score (nSPS) is 10.5. The molecule has 0 fully saturated rings. The van der Waals surface area contributed by atoms with E-state index in [1.165, 1.54) is 0 Å². The first-order chi connectivity index (χ1) is 12.2. The van der Waals surface area contributed by atoms with Crippen LogP contribution >= 0.6 is 15.9 Å². The summed E-state index contributed by atoms with van der Waals surface area (Å²) < 4.78 is 0.841. The first kappa shape index (κ1) is 17.3. The van der Waals surface area contributed by atoms with E-state index in [0.717, 1.165) is 34.3 Å². The molecule has 0 saturated carbocycles. The molecule has 1 amide bonds. The Morgan fingerprint density at radius 1 is 0.920 bits per heavy atom. The molecule has 0 atom stereocenters. The monoisotopic (exact) mass is 395 g/mol. The number of hydrogen-bond donors (Lipinski definition) is 0. The maximum atomic E-state index is 12.9. The van der Waals surface area contributed by atoms with Crippen molar-refractivity contribution in [3.63, 3.8) is 0 Å². The third kappa shape index (κ3) is 4.12. The smallest absolute Gasteiger partial charge is 0.276 e. The van der Waals surface area contributed by atoms with Gasteiger partial charge >= 0.3 is 0 Å². The van der Waals surface area contributed by atoms with Crippen molar-refractivity contribution in [3.05, 3.63) is 88.4 Å². The Kier molecular flexibility index (Phi) is 5.56. The summed E-state index contributed by atoms with van der Waals surface area (Å²) in [4.78, 5) is 23.1. The molecule has 3 aromatic rings. The average molecular weight is 396 g/mol. The highest BCUT2D eigenvalue weighted by molar-refractivity contribution is 9.10. The number of pyridine rings is 2. The van der Waals surface area contributed by atoms with Crippen molar-refractivity contribution in [2.75, 3.05) is 11.9 Å². The molecule has 0 saturated heterocycles. The van der Waals surface area contributed by atoms with Crippen molar-refractivity contribution in [1.82, 2.24) is 9.97 Å². The molecule has 0 aliphatic carbocycles. The Bertz CT molecular complexity index is 868. The van der Waals surface area contributed by atoms with Crippen molar-refractivity contribution >= 4 is 27.5 Å². The Balaban J connectivity index is 1.81. The second-order valence-electron chi connectivity index (χ2n) is 5.66. The lowest BCUT2D eigenvalue weighted by Crippen LogP contribution is -2.28. The van der Waals surface area contributed by atoms with Gasteiger partial charge in [-0.05, 0) is 64.2 Å². The molecule has 0 spiro atoms. The van der Waals surface area contributed by atoms with E-state index < -0.39 is 0 Å². The van der Waals surface area contributed by atoms with Gasteiger partial charge in [0, 0.05) is 25.1 Å². The van der Waals surface area contributed by atoms with E-state index in [1.807, 2.05) is 54.6 Å². The molecule has 126 valence electrons. The molecule has 0 unspecified atom stereocenters. The molecule has 2 aromatic heterocycles. The summed E-state index contributed by atoms with van der Waals surface area (Å²) >= 11 is 3.47. The van der Waals surface area contributed by atoms with Crippen LogP contribution in [-0.2, 0) is 12.8 Å². The highest BCUT2D eigenvalue weighted by atomic mass is 79.9. The van der Waals surface area contributed by atoms with Crippen LogP contribution in [-0.4, -0.2) is 22.9 Å². The highest BCUT2D eigenvalue weighted by Gasteiger charge is 2.18. The number of benzene rings is 1. The van der Waals surface area contributed by atoms with Gasteiger partial charge in [0.25, 0.3) is 5.91 Å². The number of halogens is 1. The molecule has 0 aliphatic heterocycles. The Labute approximate surface area is 155 Å². The standard InChI is InChI=1S/C20H18BrN3O/c1-24(17-9-3-2-4-10-17)20(25)18-15(7-5-13-22-18)11-12-16-8-6-14-23-19(16)21/h2-10,13-14H,11-12H2,1H3. The van der Waals surface area contributed by atoms with Gasteiger partial charge in [-0.15, -0.1) is 0 Å². The molecule has 5 heteroatoms. The van der Waals surface area contributed by atoms with Crippen LogP contribution in [0.2, 0.25) is 0 Å². The summed E-state index contributed by atoms with van der Waals surface area (Å²) in [6.45, 7) is 0. The minimum atomic E-state index is -0.105. The van der Waals surface area contributed by atoms with Crippen molar-refractivity contribution < 1.29 is 4.79 Å². The summed E-state index contributed by atoms with van der Waals surface area (Å²) in [5, 5.41) is 0. The number of aromatic nitrogens is 2. The van der Waals surface area contributed by atoms with Gasteiger partial charge in [-0.25, -0.2) is 4.98 Å². The van der Waals surface area contributed by atoms with Crippen LogP contribution < -0.4 is 4.90 Å². The second-order valence-corrected chi connectivity index (χ2v) is 6.42. The van der Waals surface area contributed by atoms with E-state index in [4.69, 9.17) is 0 Å². The second kappa shape index (κ2) is 8.03. The van der Waals surface area contributed by atoms with Gasteiger partial charge in [-0.1, -0.05) is 30.3 Å². The minimum absolute atomic E-state index is 0.105. The zero-order valence-electron chi connectivity index (χ0n) is 13.9. The summed E-state index contributed by atoms with van der Waals surface area (Å²) in [6.07, 6.45) is 4.92. The molecule has 1 aromatic carbocycles. The van der Waals surface area contributed by atoms with Gasteiger partial charge < -0.3 is 4.90 Å². The Morgan fingerprint density at radius 3 is 2.28 bits per heavy atom. The zero-order chi connectivity index (χ0) is 17.6. The molecule has 0 N–H and O–H groups in total. The third-order valence-corrected chi connectivity index (χ3v) is 4.76. The van der Waals surface area contributed by atoms with Crippen LogP contribution in [0.4, 0.5) is 5.69 Å². The SMILES string of the molecule is CN(C(=O)c1ncccc1CCc1cccnc1Br)c1ccccc1. The maximum Gasteiger partial charge on any atom is 0.276 e. The van der Waals surface area contributed by atoms with Crippen molar-refractivity contribution in [2.24, 2.45) is 0 Å². The number of carbonyl (C=O) groups excluding carboxylic acids is 1. The van der Waals surface area contributed by atoms with Crippen LogP contribution in [0.15, 0.2) is 71.6 Å². The van der Waals surface area contributed by atoms with Crippen LogP contribution in [0.25, 0.3) is 0 Å². The summed E-state index contributed by atoms with van der Waals surface area (Å²) in [5.41, 5.74) is 3.39. The molecule has 0 aliphatic rings. The molecule has 3 rings (SSSR count). The molecule has 0 radical (unpaired) electrons. The van der Waals surface area contributed by atoms with E-state index in [2.05, 4.69) is 25.9 Å². The van der Waals surface area contributed by atoms with Crippen molar-refractivity contribution in [3.8, 4) is 0 Å². The molecular weight excluding hydrogens is 378 g/mol. The predicted molar refractivity (Wildman–Crippen MR) is 103 cm³/mol. The summed E-state index contributed by atoms with van der Waals surface area (Å²) in [6, 6.07) is 17.4. The van der Waals surface area contributed by atoms with Gasteiger partial charge in [0.2, 0.25) is 0 Å². The van der Waals surface area contributed by atoms with Crippen LogP contribution in [0.5, 0.6) is 0 Å². The number of para-hydroxylation sites is 1. The lowest BCUT2D eigenvalue weighted by atomic mass is 10.0. The topological polar surface area (TPSA) is 46.1 Å². The predicted octanol–water partition coefficient (Wildman–Crippen LogP) is 4.30. The first-order valence-electron chi connectivity index (χ1n) is 8.03. The van der Waals surface area contributed by atoms with Gasteiger partial charge in [-0.3, -0.25) is 9.78 Å². The molecule has 25 heavy (non-hydrogen) atoms. The van der Waals surface area contributed by atoms with E-state index in [1.54, 1.807) is 24.3 Å². The van der Waals surface area contributed by atoms with Gasteiger partial charge in [0.1, 0.15) is 10.3 Å². The van der Waals surface area contributed by atoms with E-state index in [0.29, 0.717) is 5.69 Å². The zero-order valence-corrected chi connectivity index (χ0v) is 15.5. The van der Waals surface area contributed by atoms with Gasteiger partial charge in [0.15, 0.2) is 0 Å². The Morgan fingerprint density at radius 2 is 1.56 bits per heavy atom. The fourth-order valence-electron chi connectivity index (χ4n) is 2.64. The molecular formula is C20H18BrN3O. The number of rotatable bonds is 5.